The number of carboxylic acid groups (broad SMARTS) is 1. The average Bonchev–Trinajstić information content (AvgIpc) is 2.72. The molecule has 3 atom stereocenters. The zero-order valence-electron chi connectivity index (χ0n) is 16.1. The number of hydrogen-bond donors (Lipinski definition) is 3. The van der Waals surface area contributed by atoms with E-state index in [0.29, 0.717) is 6.41 Å². The van der Waals surface area contributed by atoms with Crippen molar-refractivity contribution in [2.24, 2.45) is 5.16 Å². The minimum atomic E-state index is -1.20. The molecule has 11 nitrogen and oxygen atoms in total. The maximum Gasteiger partial charge on any atom is 0.352 e. The molecular formula is C18H19N5O6S. The lowest BCUT2D eigenvalue weighted by Crippen LogP contribution is -2.71. The number of carbonyl (C=O) groups is 4. The lowest BCUT2D eigenvalue weighted by atomic mass is 10.0. The molecule has 1 fully saturated rings. The third kappa shape index (κ3) is 4.13. The average molecular weight is 433 g/mol. The van der Waals surface area contributed by atoms with Crippen LogP contribution in [0.3, 0.4) is 0 Å². The van der Waals surface area contributed by atoms with Crippen molar-refractivity contribution < 1.29 is 29.1 Å². The number of thioether (sulfide) groups is 1. The molecule has 158 valence electrons. The monoisotopic (exact) mass is 433 g/mol. The van der Waals surface area contributed by atoms with E-state index in [9.17, 15) is 24.3 Å². The molecule has 0 radical (unpaired) electrons. The predicted molar refractivity (Wildman–Crippen MR) is 107 cm³/mol. The van der Waals surface area contributed by atoms with E-state index in [-0.39, 0.29) is 34.8 Å². The summed E-state index contributed by atoms with van der Waals surface area (Å²) in [6, 6.07) is 3.68. The van der Waals surface area contributed by atoms with Crippen molar-refractivity contribution in [2.75, 3.05) is 11.9 Å². The number of hydrogen-bond acceptors (Lipinski definition) is 8. The number of amides is 3. The highest BCUT2D eigenvalue weighted by atomic mass is 32.2. The van der Waals surface area contributed by atoms with Gasteiger partial charge in [-0.15, -0.1) is 11.8 Å². The van der Waals surface area contributed by atoms with Crippen molar-refractivity contribution in [2.45, 2.75) is 30.5 Å². The van der Waals surface area contributed by atoms with Gasteiger partial charge in [-0.25, -0.2) is 9.78 Å². The Hall–Kier alpha value is -3.41. The minimum absolute atomic E-state index is 0.0979. The number of anilines is 1. The summed E-state index contributed by atoms with van der Waals surface area (Å²) in [7, 11) is 0. The highest BCUT2D eigenvalue weighted by molar-refractivity contribution is 8.00. The summed E-state index contributed by atoms with van der Waals surface area (Å²) in [6.45, 7) is 3.69. The van der Waals surface area contributed by atoms with Crippen molar-refractivity contribution in [1.29, 1.82) is 0 Å². The van der Waals surface area contributed by atoms with Crippen molar-refractivity contribution in [3.63, 3.8) is 0 Å². The van der Waals surface area contributed by atoms with E-state index in [4.69, 9.17) is 4.84 Å². The Morgan fingerprint density at radius 3 is 2.87 bits per heavy atom. The molecule has 12 heteroatoms. The first-order valence-corrected chi connectivity index (χ1v) is 9.93. The van der Waals surface area contributed by atoms with Gasteiger partial charge in [0.15, 0.2) is 5.71 Å². The maximum atomic E-state index is 12.9. The zero-order chi connectivity index (χ0) is 21.8. The van der Waals surface area contributed by atoms with Crippen molar-refractivity contribution in [3.05, 3.63) is 35.7 Å². The highest BCUT2D eigenvalue weighted by Crippen LogP contribution is 2.40. The van der Waals surface area contributed by atoms with Crippen LogP contribution in [0.2, 0.25) is 0 Å². The topological polar surface area (TPSA) is 150 Å². The first-order chi connectivity index (χ1) is 14.4. The van der Waals surface area contributed by atoms with Gasteiger partial charge in [-0.1, -0.05) is 11.2 Å². The van der Waals surface area contributed by atoms with Gasteiger partial charge >= 0.3 is 5.97 Å². The Labute approximate surface area is 175 Å². The smallest absolute Gasteiger partial charge is 0.352 e. The van der Waals surface area contributed by atoms with Crippen LogP contribution in [0.4, 0.5) is 5.82 Å². The Morgan fingerprint density at radius 1 is 1.43 bits per heavy atom. The number of β-lactam (4-membered cyclic amide) rings is 1. The second-order valence-corrected chi connectivity index (χ2v) is 7.77. The van der Waals surface area contributed by atoms with Crippen molar-refractivity contribution >= 4 is 47.5 Å². The van der Waals surface area contributed by atoms with E-state index < -0.39 is 29.2 Å². The van der Waals surface area contributed by atoms with Crippen LogP contribution in [0.15, 0.2) is 35.1 Å². The standard InChI is InChI=1S/C18H19N5O6S/c1-3-29-22-13(10-5-4-6-12(20-10)19-8-24)15(25)21-14-16(26)23-11(18(27)28)7-9(2)30-17(14)23/h4-9,14,17H,3H2,1-2H3,(H,21,25)(H,27,28)(H,19,20,24)/b22-13-/t9?,14?,17-/m1/s1. The fourth-order valence-corrected chi connectivity index (χ4v) is 4.31. The van der Waals surface area contributed by atoms with Gasteiger partial charge in [-0.3, -0.25) is 19.3 Å². The number of rotatable bonds is 8. The van der Waals surface area contributed by atoms with Crippen LogP contribution in [0.25, 0.3) is 0 Å². The molecule has 2 aliphatic rings. The molecule has 0 saturated carbocycles. The van der Waals surface area contributed by atoms with Gasteiger partial charge in [0.25, 0.3) is 11.8 Å². The van der Waals surface area contributed by atoms with Gasteiger partial charge in [0, 0.05) is 5.25 Å². The number of carbonyl (C=O) groups excluding carboxylic acids is 3. The molecule has 0 spiro atoms. The number of nitrogens with zero attached hydrogens (tertiary/aromatic N) is 3. The molecule has 3 rings (SSSR count). The first kappa shape index (κ1) is 21.3. The molecule has 2 unspecified atom stereocenters. The molecule has 2 aliphatic heterocycles. The summed E-state index contributed by atoms with van der Waals surface area (Å²) < 4.78 is 0. The molecule has 1 saturated heterocycles. The number of pyridine rings is 1. The molecule has 3 amide bonds. The number of aliphatic carboxylic acids is 1. The van der Waals surface area contributed by atoms with Crippen LogP contribution in [-0.4, -0.2) is 68.2 Å². The summed E-state index contributed by atoms with van der Waals surface area (Å²) in [5.74, 6) is -2.23. The molecule has 30 heavy (non-hydrogen) atoms. The largest absolute Gasteiger partial charge is 0.477 e. The molecular weight excluding hydrogens is 414 g/mol. The summed E-state index contributed by atoms with van der Waals surface area (Å²) in [6.07, 6.45) is 1.94. The van der Waals surface area contributed by atoms with Crippen LogP contribution in [0.5, 0.6) is 0 Å². The minimum Gasteiger partial charge on any atom is -0.477 e. The molecule has 0 aromatic carbocycles. The van der Waals surface area contributed by atoms with Crippen molar-refractivity contribution in [1.82, 2.24) is 15.2 Å². The Balaban J connectivity index is 1.81. The lowest BCUT2D eigenvalue weighted by molar-refractivity contribution is -0.150. The third-order valence-electron chi connectivity index (χ3n) is 4.25. The molecule has 1 aromatic rings. The van der Waals surface area contributed by atoms with Gasteiger partial charge in [-0.05, 0) is 32.1 Å². The number of aromatic nitrogens is 1. The Bertz CT molecular complexity index is 949. The maximum absolute atomic E-state index is 12.9. The predicted octanol–water partition coefficient (Wildman–Crippen LogP) is 0.147. The Morgan fingerprint density at radius 2 is 2.20 bits per heavy atom. The second-order valence-electron chi connectivity index (χ2n) is 6.28. The summed E-state index contributed by atoms with van der Waals surface area (Å²) in [4.78, 5) is 57.8. The molecule has 0 bridgehead atoms. The first-order valence-electron chi connectivity index (χ1n) is 8.99. The second kappa shape index (κ2) is 8.95. The van der Waals surface area contributed by atoms with Gasteiger partial charge in [-0.2, -0.15) is 0 Å². The SMILES string of the molecule is CCO/N=C(\C(=O)NC1C(=O)N2C(C(=O)O)=CC(C)S[C@H]12)c1cccc(NC=O)n1. The van der Waals surface area contributed by atoms with Gasteiger partial charge in [0.05, 0.1) is 0 Å². The number of carboxylic acids is 1. The van der Waals surface area contributed by atoms with E-state index >= 15 is 0 Å². The van der Waals surface area contributed by atoms with Crippen LogP contribution in [0.1, 0.15) is 19.5 Å². The normalized spacial score (nSPS) is 22.9. The van der Waals surface area contributed by atoms with E-state index in [1.807, 2.05) is 6.92 Å². The Kier molecular flexibility index (Phi) is 6.35. The van der Waals surface area contributed by atoms with Gasteiger partial charge < -0.3 is 20.6 Å². The summed E-state index contributed by atoms with van der Waals surface area (Å²) in [5, 5.41) is 17.4. The van der Waals surface area contributed by atoms with E-state index in [1.165, 1.54) is 30.0 Å². The fourth-order valence-electron chi connectivity index (χ4n) is 2.98. The summed E-state index contributed by atoms with van der Waals surface area (Å²) in [5.41, 5.74) is -0.146. The van der Waals surface area contributed by atoms with Gasteiger partial charge in [0.2, 0.25) is 6.41 Å². The van der Waals surface area contributed by atoms with E-state index in [1.54, 1.807) is 13.0 Å². The molecule has 3 heterocycles. The van der Waals surface area contributed by atoms with Crippen LogP contribution in [0, 0.1) is 0 Å². The zero-order valence-corrected chi connectivity index (χ0v) is 16.9. The van der Waals surface area contributed by atoms with Crippen LogP contribution < -0.4 is 10.6 Å². The quantitative estimate of drug-likeness (QED) is 0.227. The lowest BCUT2D eigenvalue weighted by Gasteiger charge is -2.49. The number of nitrogens with one attached hydrogen (secondary N) is 2. The molecule has 1 aromatic heterocycles. The van der Waals surface area contributed by atoms with E-state index in [2.05, 4.69) is 20.8 Å². The molecule has 0 aliphatic carbocycles. The van der Waals surface area contributed by atoms with Crippen LogP contribution >= 0.6 is 11.8 Å². The van der Waals surface area contributed by atoms with Gasteiger partial charge in [0.1, 0.15) is 35.2 Å². The third-order valence-corrected chi connectivity index (χ3v) is 5.58. The van der Waals surface area contributed by atoms with E-state index in [0.717, 1.165) is 4.90 Å². The number of fused-ring (bicyclic) bond motifs is 1. The highest BCUT2D eigenvalue weighted by Gasteiger charge is 2.54. The summed E-state index contributed by atoms with van der Waals surface area (Å²) >= 11 is 1.36. The van der Waals surface area contributed by atoms with Crippen molar-refractivity contribution in [3.8, 4) is 0 Å². The number of oxime groups is 1. The molecule has 3 N–H and O–H groups in total. The fraction of sp³-hybridized carbons (Fsp3) is 0.333. The van der Waals surface area contributed by atoms with Crippen LogP contribution in [-0.2, 0) is 24.0 Å².